The minimum atomic E-state index is -0.0264. The standard InChI is InChI=1S/C10H13N3O/c1-12(2)10-11-8(7-14)9-5-3-4-6-13(9)10/h3-6,14H,7H2,1-2H3. The van der Waals surface area contributed by atoms with Gasteiger partial charge in [0.2, 0.25) is 5.95 Å². The van der Waals surface area contributed by atoms with E-state index in [-0.39, 0.29) is 6.61 Å². The van der Waals surface area contributed by atoms with Crippen LogP contribution < -0.4 is 4.90 Å². The van der Waals surface area contributed by atoms with Crippen molar-refractivity contribution in [3.63, 3.8) is 0 Å². The van der Waals surface area contributed by atoms with Gasteiger partial charge in [-0.3, -0.25) is 4.40 Å². The Kier molecular flexibility index (Phi) is 2.13. The molecule has 0 aliphatic carbocycles. The topological polar surface area (TPSA) is 40.8 Å². The number of nitrogens with zero attached hydrogens (tertiary/aromatic N) is 3. The summed E-state index contributed by atoms with van der Waals surface area (Å²) in [5.41, 5.74) is 1.67. The van der Waals surface area contributed by atoms with Crippen molar-refractivity contribution < 1.29 is 5.11 Å². The third-order valence-corrected chi connectivity index (χ3v) is 2.16. The van der Waals surface area contributed by atoms with Crippen LogP contribution >= 0.6 is 0 Å². The monoisotopic (exact) mass is 191 g/mol. The van der Waals surface area contributed by atoms with E-state index >= 15 is 0 Å². The molecule has 0 aromatic carbocycles. The van der Waals surface area contributed by atoms with E-state index in [9.17, 15) is 0 Å². The van der Waals surface area contributed by atoms with Crippen LogP contribution in [0.2, 0.25) is 0 Å². The quantitative estimate of drug-likeness (QED) is 0.766. The second kappa shape index (κ2) is 3.31. The average Bonchev–Trinajstić information content (AvgIpc) is 2.56. The molecular formula is C10H13N3O. The highest BCUT2D eigenvalue weighted by Gasteiger charge is 2.10. The second-order valence-corrected chi connectivity index (χ2v) is 3.37. The molecule has 4 nitrogen and oxygen atoms in total. The van der Waals surface area contributed by atoms with Crippen molar-refractivity contribution in [3.05, 3.63) is 30.1 Å². The van der Waals surface area contributed by atoms with Crippen molar-refractivity contribution in [2.24, 2.45) is 0 Å². The Hall–Kier alpha value is -1.55. The van der Waals surface area contributed by atoms with E-state index in [1.807, 2.05) is 47.8 Å². The molecule has 0 spiro atoms. The number of aliphatic hydroxyl groups is 1. The maximum Gasteiger partial charge on any atom is 0.209 e. The number of pyridine rings is 1. The summed E-state index contributed by atoms with van der Waals surface area (Å²) in [4.78, 5) is 6.27. The van der Waals surface area contributed by atoms with Gasteiger partial charge in [-0.05, 0) is 12.1 Å². The number of imidazole rings is 1. The predicted molar refractivity (Wildman–Crippen MR) is 55.4 cm³/mol. The first-order valence-electron chi connectivity index (χ1n) is 4.48. The molecule has 0 unspecified atom stereocenters. The lowest BCUT2D eigenvalue weighted by Crippen LogP contribution is -2.12. The van der Waals surface area contributed by atoms with Crippen LogP contribution in [0, 0.1) is 0 Å². The Morgan fingerprint density at radius 3 is 2.86 bits per heavy atom. The van der Waals surface area contributed by atoms with Gasteiger partial charge < -0.3 is 10.0 Å². The lowest BCUT2D eigenvalue weighted by molar-refractivity contribution is 0.279. The summed E-state index contributed by atoms with van der Waals surface area (Å²) in [7, 11) is 3.87. The molecule has 2 aromatic heterocycles. The van der Waals surface area contributed by atoms with Gasteiger partial charge in [-0.2, -0.15) is 0 Å². The summed E-state index contributed by atoms with van der Waals surface area (Å²) in [6.07, 6.45) is 1.94. The predicted octanol–water partition coefficient (Wildman–Crippen LogP) is 0.893. The highest BCUT2D eigenvalue weighted by Crippen LogP contribution is 2.17. The van der Waals surface area contributed by atoms with E-state index in [0.717, 1.165) is 11.5 Å². The van der Waals surface area contributed by atoms with Gasteiger partial charge in [-0.15, -0.1) is 0 Å². The molecule has 0 saturated carbocycles. The van der Waals surface area contributed by atoms with Crippen LogP contribution in [-0.2, 0) is 6.61 Å². The summed E-state index contributed by atoms with van der Waals surface area (Å²) in [6.45, 7) is -0.0264. The molecule has 0 saturated heterocycles. The molecular weight excluding hydrogens is 178 g/mol. The summed E-state index contributed by atoms with van der Waals surface area (Å²) >= 11 is 0. The van der Waals surface area contributed by atoms with E-state index in [1.165, 1.54) is 0 Å². The van der Waals surface area contributed by atoms with Gasteiger partial charge in [0.1, 0.15) is 0 Å². The lowest BCUT2D eigenvalue weighted by Gasteiger charge is -2.09. The van der Waals surface area contributed by atoms with Gasteiger partial charge in [0.05, 0.1) is 17.8 Å². The van der Waals surface area contributed by atoms with Crippen LogP contribution in [0.15, 0.2) is 24.4 Å². The first kappa shape index (κ1) is 9.02. The Balaban J connectivity index is 2.73. The largest absolute Gasteiger partial charge is 0.390 e. The van der Waals surface area contributed by atoms with Gasteiger partial charge in [-0.1, -0.05) is 6.07 Å². The highest BCUT2D eigenvalue weighted by atomic mass is 16.3. The van der Waals surface area contributed by atoms with Crippen molar-refractivity contribution >= 4 is 11.5 Å². The zero-order chi connectivity index (χ0) is 10.1. The van der Waals surface area contributed by atoms with Crippen molar-refractivity contribution in [1.82, 2.24) is 9.38 Å². The molecule has 74 valence electrons. The molecule has 0 radical (unpaired) electrons. The van der Waals surface area contributed by atoms with Crippen LogP contribution in [0.4, 0.5) is 5.95 Å². The number of fused-ring (bicyclic) bond motifs is 1. The minimum absolute atomic E-state index is 0.0264. The summed E-state index contributed by atoms with van der Waals surface area (Å²) in [5, 5.41) is 9.14. The normalized spacial score (nSPS) is 10.8. The Morgan fingerprint density at radius 2 is 2.21 bits per heavy atom. The first-order valence-corrected chi connectivity index (χ1v) is 4.48. The van der Waals surface area contributed by atoms with Crippen molar-refractivity contribution in [3.8, 4) is 0 Å². The minimum Gasteiger partial charge on any atom is -0.390 e. The fraction of sp³-hybridized carbons (Fsp3) is 0.300. The fourth-order valence-corrected chi connectivity index (χ4v) is 1.52. The Labute approximate surface area is 82.4 Å². The molecule has 14 heavy (non-hydrogen) atoms. The second-order valence-electron chi connectivity index (χ2n) is 3.37. The first-order chi connectivity index (χ1) is 6.74. The Bertz CT molecular complexity index is 448. The summed E-state index contributed by atoms with van der Waals surface area (Å²) < 4.78 is 1.96. The fourth-order valence-electron chi connectivity index (χ4n) is 1.52. The van der Waals surface area contributed by atoms with E-state index < -0.39 is 0 Å². The summed E-state index contributed by atoms with van der Waals surface area (Å²) in [5.74, 6) is 0.838. The van der Waals surface area contributed by atoms with Crippen LogP contribution in [0.25, 0.3) is 5.52 Å². The van der Waals surface area contributed by atoms with Gasteiger partial charge >= 0.3 is 0 Å². The maximum atomic E-state index is 9.14. The molecule has 2 rings (SSSR count). The maximum absolute atomic E-state index is 9.14. The smallest absolute Gasteiger partial charge is 0.209 e. The number of hydrogen-bond donors (Lipinski definition) is 1. The number of hydrogen-bond acceptors (Lipinski definition) is 3. The SMILES string of the molecule is CN(C)c1nc(CO)c2ccccn12. The van der Waals surface area contributed by atoms with Crippen LogP contribution in [0.3, 0.4) is 0 Å². The molecule has 4 heteroatoms. The van der Waals surface area contributed by atoms with Crippen LogP contribution in [-0.4, -0.2) is 28.6 Å². The third-order valence-electron chi connectivity index (χ3n) is 2.16. The van der Waals surface area contributed by atoms with E-state index in [2.05, 4.69) is 4.98 Å². The molecule has 2 aromatic rings. The number of rotatable bonds is 2. The molecule has 0 bridgehead atoms. The van der Waals surface area contributed by atoms with Gasteiger partial charge in [0, 0.05) is 20.3 Å². The molecule has 0 fully saturated rings. The van der Waals surface area contributed by atoms with Gasteiger partial charge in [-0.25, -0.2) is 4.98 Å². The van der Waals surface area contributed by atoms with Gasteiger partial charge in [0.25, 0.3) is 0 Å². The zero-order valence-corrected chi connectivity index (χ0v) is 8.31. The third kappa shape index (κ3) is 1.24. The summed E-state index contributed by atoms with van der Waals surface area (Å²) in [6, 6.07) is 5.84. The Morgan fingerprint density at radius 1 is 1.43 bits per heavy atom. The average molecular weight is 191 g/mol. The van der Waals surface area contributed by atoms with Crippen LogP contribution in [0.5, 0.6) is 0 Å². The van der Waals surface area contributed by atoms with Crippen molar-refractivity contribution in [2.45, 2.75) is 6.61 Å². The van der Waals surface area contributed by atoms with Crippen LogP contribution in [0.1, 0.15) is 5.69 Å². The number of anilines is 1. The van der Waals surface area contributed by atoms with E-state index in [1.54, 1.807) is 0 Å². The van der Waals surface area contributed by atoms with E-state index in [4.69, 9.17) is 5.11 Å². The molecule has 0 aliphatic rings. The van der Waals surface area contributed by atoms with E-state index in [0.29, 0.717) is 5.69 Å². The highest BCUT2D eigenvalue weighted by molar-refractivity contribution is 5.58. The molecule has 0 atom stereocenters. The van der Waals surface area contributed by atoms with Gasteiger partial charge in [0.15, 0.2) is 0 Å². The number of aromatic nitrogens is 2. The lowest BCUT2D eigenvalue weighted by atomic mass is 10.3. The van der Waals surface area contributed by atoms with Crippen molar-refractivity contribution in [2.75, 3.05) is 19.0 Å². The molecule has 1 N–H and O–H groups in total. The molecule has 0 amide bonds. The molecule has 0 aliphatic heterocycles. The number of aliphatic hydroxyl groups excluding tert-OH is 1. The van der Waals surface area contributed by atoms with Crippen molar-refractivity contribution in [1.29, 1.82) is 0 Å². The zero-order valence-electron chi connectivity index (χ0n) is 8.31. The molecule has 2 heterocycles.